The van der Waals surface area contributed by atoms with E-state index in [2.05, 4.69) is 22.2 Å². The van der Waals surface area contributed by atoms with Gasteiger partial charge < -0.3 is 15.1 Å². The minimum Gasteiger partial charge on any atom is -0.321 e. The first-order valence-corrected chi connectivity index (χ1v) is 9.97. The van der Waals surface area contributed by atoms with Gasteiger partial charge in [0.1, 0.15) is 17.6 Å². The molecule has 2 aliphatic heterocycles. The summed E-state index contributed by atoms with van der Waals surface area (Å²) in [5.74, 6) is 1.10. The van der Waals surface area contributed by atoms with Gasteiger partial charge in [0.2, 0.25) is 11.8 Å². The fraction of sp³-hybridized carbons (Fsp3) is 0.556. The summed E-state index contributed by atoms with van der Waals surface area (Å²) in [5.41, 5.74) is 0.390. The highest BCUT2D eigenvalue weighted by atomic mass is 32.2. The van der Waals surface area contributed by atoms with Crippen molar-refractivity contribution in [1.82, 2.24) is 14.8 Å². The zero-order valence-corrected chi connectivity index (χ0v) is 15.9. The van der Waals surface area contributed by atoms with E-state index in [0.717, 1.165) is 25.9 Å². The summed E-state index contributed by atoms with van der Waals surface area (Å²) in [6.45, 7) is 3.28. The van der Waals surface area contributed by atoms with Crippen LogP contribution in [0, 0.1) is 5.92 Å². The van der Waals surface area contributed by atoms with Gasteiger partial charge in [0, 0.05) is 18.6 Å². The van der Waals surface area contributed by atoms with E-state index in [0.29, 0.717) is 23.1 Å². The summed E-state index contributed by atoms with van der Waals surface area (Å²) in [6, 6.07) is 4.61. The number of hydrogen-bond donors (Lipinski definition) is 1. The van der Waals surface area contributed by atoms with Crippen molar-refractivity contribution in [1.29, 1.82) is 0 Å². The second kappa shape index (κ2) is 8.18. The van der Waals surface area contributed by atoms with E-state index in [1.807, 2.05) is 0 Å². The molecule has 3 heterocycles. The number of pyridine rings is 1. The second-order valence-corrected chi connectivity index (χ2v) is 7.84. The number of carbonyl (C=O) groups excluding carboxylic acids is 3. The smallest absolute Gasteiger partial charge is 0.249 e. The van der Waals surface area contributed by atoms with Crippen molar-refractivity contribution < 1.29 is 14.4 Å². The quantitative estimate of drug-likeness (QED) is 0.802. The number of nitrogens with zero attached hydrogens (tertiary/aromatic N) is 3. The Morgan fingerprint density at radius 1 is 1.23 bits per heavy atom. The maximum atomic E-state index is 12.7. The largest absolute Gasteiger partial charge is 0.321 e. The molecule has 0 aromatic carbocycles. The van der Waals surface area contributed by atoms with Gasteiger partial charge in [-0.25, -0.2) is 4.98 Å². The molecule has 2 aliphatic rings. The Morgan fingerprint density at radius 3 is 2.65 bits per heavy atom. The van der Waals surface area contributed by atoms with Crippen LogP contribution in [0.4, 0.5) is 5.82 Å². The highest BCUT2D eigenvalue weighted by Gasteiger charge is 2.33. The monoisotopic (exact) mass is 376 g/mol. The number of ketones is 1. The SMILES string of the molecule is CC(=O)N1CSCC1C(=O)Nc1cccc(C(=O)C2CCN(C)CC2)n1. The summed E-state index contributed by atoms with van der Waals surface area (Å²) in [5, 5.41) is 2.76. The molecule has 0 saturated carbocycles. The van der Waals surface area contributed by atoms with E-state index < -0.39 is 6.04 Å². The minimum absolute atomic E-state index is 0.0101. The third-order valence-electron chi connectivity index (χ3n) is 4.93. The molecule has 140 valence electrons. The molecular weight excluding hydrogens is 352 g/mol. The molecule has 3 rings (SSSR count). The summed E-state index contributed by atoms with van der Waals surface area (Å²) >= 11 is 1.55. The van der Waals surface area contributed by atoms with Crippen molar-refractivity contribution in [3.63, 3.8) is 0 Å². The fourth-order valence-corrected chi connectivity index (χ4v) is 4.52. The van der Waals surface area contributed by atoms with E-state index in [-0.39, 0.29) is 23.5 Å². The molecule has 1 N–H and O–H groups in total. The van der Waals surface area contributed by atoms with Crippen molar-refractivity contribution in [3.05, 3.63) is 23.9 Å². The van der Waals surface area contributed by atoms with Gasteiger partial charge in [0.15, 0.2) is 5.78 Å². The summed E-state index contributed by atoms with van der Waals surface area (Å²) < 4.78 is 0. The molecule has 1 aromatic heterocycles. The molecule has 1 unspecified atom stereocenters. The van der Waals surface area contributed by atoms with Crippen LogP contribution in [0.2, 0.25) is 0 Å². The molecule has 7 nitrogen and oxygen atoms in total. The van der Waals surface area contributed by atoms with Crippen LogP contribution in [0.15, 0.2) is 18.2 Å². The second-order valence-electron chi connectivity index (χ2n) is 6.84. The molecule has 8 heteroatoms. The lowest BCUT2D eigenvalue weighted by Crippen LogP contribution is -2.43. The molecule has 2 saturated heterocycles. The number of thioether (sulfide) groups is 1. The first-order chi connectivity index (χ1) is 12.5. The fourth-order valence-electron chi connectivity index (χ4n) is 3.30. The zero-order chi connectivity index (χ0) is 18.7. The number of piperidine rings is 1. The third-order valence-corrected chi connectivity index (χ3v) is 5.94. The highest BCUT2D eigenvalue weighted by Crippen LogP contribution is 2.23. The Labute approximate surface area is 157 Å². The van der Waals surface area contributed by atoms with Crippen LogP contribution >= 0.6 is 11.8 Å². The lowest BCUT2D eigenvalue weighted by Gasteiger charge is -2.27. The molecule has 26 heavy (non-hydrogen) atoms. The first-order valence-electron chi connectivity index (χ1n) is 8.81. The van der Waals surface area contributed by atoms with Crippen LogP contribution in [0.5, 0.6) is 0 Å². The molecule has 0 bridgehead atoms. The first kappa shape index (κ1) is 18.8. The van der Waals surface area contributed by atoms with Crippen LogP contribution in [-0.2, 0) is 9.59 Å². The van der Waals surface area contributed by atoms with E-state index in [1.54, 1.807) is 34.9 Å². The zero-order valence-electron chi connectivity index (χ0n) is 15.1. The van der Waals surface area contributed by atoms with Gasteiger partial charge in [0.25, 0.3) is 0 Å². The number of nitrogens with one attached hydrogen (secondary N) is 1. The van der Waals surface area contributed by atoms with Gasteiger partial charge >= 0.3 is 0 Å². The number of carbonyl (C=O) groups is 3. The Kier molecular flexibility index (Phi) is 5.93. The molecule has 1 atom stereocenters. The van der Waals surface area contributed by atoms with Gasteiger partial charge in [-0.15, -0.1) is 11.8 Å². The molecule has 0 aliphatic carbocycles. The van der Waals surface area contributed by atoms with Crippen molar-refractivity contribution in [2.75, 3.05) is 37.1 Å². The number of hydrogen-bond acceptors (Lipinski definition) is 6. The van der Waals surface area contributed by atoms with Gasteiger partial charge in [-0.3, -0.25) is 14.4 Å². The van der Waals surface area contributed by atoms with Gasteiger partial charge in [-0.1, -0.05) is 6.07 Å². The molecule has 0 spiro atoms. The summed E-state index contributed by atoms with van der Waals surface area (Å²) in [4.78, 5) is 44.9. The van der Waals surface area contributed by atoms with Gasteiger partial charge in [-0.05, 0) is 45.1 Å². The average molecular weight is 376 g/mol. The molecule has 1 aromatic rings. The van der Waals surface area contributed by atoms with Gasteiger partial charge in [0.05, 0.1) is 5.88 Å². The third kappa shape index (κ3) is 4.24. The molecule has 0 radical (unpaired) electrons. The number of anilines is 1. The van der Waals surface area contributed by atoms with Crippen molar-refractivity contribution in [3.8, 4) is 0 Å². The minimum atomic E-state index is -0.493. The van der Waals surface area contributed by atoms with E-state index >= 15 is 0 Å². The number of aromatic nitrogens is 1. The van der Waals surface area contributed by atoms with Crippen molar-refractivity contribution >= 4 is 35.2 Å². The maximum Gasteiger partial charge on any atom is 0.249 e. The number of Topliss-reactive ketones (excluding diaryl/α,β-unsaturated/α-hetero) is 1. The normalized spacial score (nSPS) is 21.6. The van der Waals surface area contributed by atoms with Crippen LogP contribution in [0.25, 0.3) is 0 Å². The highest BCUT2D eigenvalue weighted by molar-refractivity contribution is 7.99. The summed E-state index contributed by atoms with van der Waals surface area (Å²) in [6.07, 6.45) is 1.67. The molecule has 2 fully saturated rings. The predicted octanol–water partition coefficient (Wildman–Crippen LogP) is 1.47. The van der Waals surface area contributed by atoms with Crippen LogP contribution in [0.3, 0.4) is 0 Å². The maximum absolute atomic E-state index is 12.7. The van der Waals surface area contributed by atoms with E-state index in [9.17, 15) is 14.4 Å². The summed E-state index contributed by atoms with van der Waals surface area (Å²) in [7, 11) is 2.06. The van der Waals surface area contributed by atoms with Crippen LogP contribution < -0.4 is 5.32 Å². The number of likely N-dealkylation sites (tertiary alicyclic amines) is 1. The Morgan fingerprint density at radius 2 is 1.96 bits per heavy atom. The topological polar surface area (TPSA) is 82.6 Å². The van der Waals surface area contributed by atoms with Gasteiger partial charge in [-0.2, -0.15) is 0 Å². The molecule has 2 amide bonds. The van der Waals surface area contributed by atoms with Crippen LogP contribution in [-0.4, -0.2) is 70.2 Å². The Balaban J connectivity index is 1.66. The predicted molar refractivity (Wildman–Crippen MR) is 101 cm³/mol. The standard InChI is InChI=1S/C18H24N4O3S/c1-12(23)22-11-26-10-15(22)18(25)20-16-5-3-4-14(19-16)17(24)13-6-8-21(2)9-7-13/h3-5,13,15H,6-11H2,1-2H3,(H,19,20,25). The van der Waals surface area contributed by atoms with Crippen molar-refractivity contribution in [2.45, 2.75) is 25.8 Å². The number of amides is 2. The average Bonchev–Trinajstić information content (AvgIpc) is 3.12. The lowest BCUT2D eigenvalue weighted by atomic mass is 9.91. The van der Waals surface area contributed by atoms with E-state index in [4.69, 9.17) is 0 Å². The Hall–Kier alpha value is -1.93. The number of rotatable bonds is 4. The van der Waals surface area contributed by atoms with Crippen LogP contribution in [0.1, 0.15) is 30.3 Å². The molecular formula is C18H24N4O3S. The van der Waals surface area contributed by atoms with E-state index in [1.165, 1.54) is 6.92 Å². The van der Waals surface area contributed by atoms with Crippen molar-refractivity contribution in [2.24, 2.45) is 5.92 Å². The Bertz CT molecular complexity index is 703. The lowest BCUT2D eigenvalue weighted by molar-refractivity contribution is -0.134.